The molecule has 1 aromatic carbocycles. The van der Waals surface area contributed by atoms with Gasteiger partial charge in [0.1, 0.15) is 12.4 Å². The van der Waals surface area contributed by atoms with Crippen molar-refractivity contribution in [2.24, 2.45) is 0 Å². The quantitative estimate of drug-likeness (QED) is 0.717. The summed E-state index contributed by atoms with van der Waals surface area (Å²) >= 11 is 0. The molecule has 0 saturated heterocycles. The molecule has 20 heavy (non-hydrogen) atoms. The first-order valence-electron chi connectivity index (χ1n) is 6.19. The van der Waals surface area contributed by atoms with E-state index in [0.717, 1.165) is 17.6 Å². The lowest BCUT2D eigenvalue weighted by Crippen LogP contribution is -2.32. The zero-order valence-electron chi connectivity index (χ0n) is 11.8. The predicted octanol–water partition coefficient (Wildman–Crippen LogP) is 0.680. The molecule has 0 radical (unpaired) electrons. The Morgan fingerprint density at radius 1 is 1.40 bits per heavy atom. The summed E-state index contributed by atoms with van der Waals surface area (Å²) in [7, 11) is -1.22. The van der Waals surface area contributed by atoms with Crippen molar-refractivity contribution >= 4 is 10.0 Å². The lowest BCUT2D eigenvalue weighted by atomic mass is 10.2. The minimum atomic E-state index is -3.14. The minimum Gasteiger partial charge on any atom is -0.481 e. The van der Waals surface area contributed by atoms with Crippen molar-refractivity contribution in [3.63, 3.8) is 0 Å². The Labute approximate surface area is 121 Å². The molecule has 0 fully saturated rings. The second-order valence-electron chi connectivity index (χ2n) is 4.50. The van der Waals surface area contributed by atoms with Gasteiger partial charge in [0.2, 0.25) is 10.0 Å². The molecular weight excluding hydrogens is 276 g/mol. The van der Waals surface area contributed by atoms with Crippen LogP contribution in [-0.2, 0) is 16.6 Å². The van der Waals surface area contributed by atoms with Gasteiger partial charge in [0.05, 0.1) is 6.26 Å². The van der Waals surface area contributed by atoms with Crippen LogP contribution in [0.4, 0.5) is 0 Å². The number of hydrogen-bond donors (Lipinski definition) is 1. The highest BCUT2D eigenvalue weighted by molar-refractivity contribution is 7.88. The largest absolute Gasteiger partial charge is 0.481 e. The Kier molecular flexibility index (Phi) is 6.52. The summed E-state index contributed by atoms with van der Waals surface area (Å²) in [5.74, 6) is 3.19. The summed E-state index contributed by atoms with van der Waals surface area (Å²) in [5, 5.41) is 0. The number of benzene rings is 1. The van der Waals surface area contributed by atoms with Crippen LogP contribution in [0.15, 0.2) is 24.3 Å². The normalized spacial score (nSPS) is 11.3. The number of sulfonamides is 1. The second kappa shape index (κ2) is 7.90. The van der Waals surface area contributed by atoms with E-state index in [1.54, 1.807) is 0 Å². The van der Waals surface area contributed by atoms with Crippen LogP contribution in [0, 0.1) is 12.3 Å². The van der Waals surface area contributed by atoms with Crippen LogP contribution in [-0.4, -0.2) is 46.3 Å². The van der Waals surface area contributed by atoms with Crippen molar-refractivity contribution < 1.29 is 13.2 Å². The standard InChI is InChI=1S/C14H20N2O3S/c1-4-11-19-14-8-6-5-7-13(14)12-16(2)10-9-15-20(3,17)18/h1,5-8,15H,9-12H2,2-3H3. The third-order valence-corrected chi connectivity index (χ3v) is 3.31. The van der Waals surface area contributed by atoms with E-state index in [2.05, 4.69) is 10.6 Å². The molecule has 0 saturated carbocycles. The minimum absolute atomic E-state index is 0.233. The van der Waals surface area contributed by atoms with Gasteiger partial charge in [-0.1, -0.05) is 24.1 Å². The van der Waals surface area contributed by atoms with Gasteiger partial charge in [0.15, 0.2) is 0 Å². The first-order valence-corrected chi connectivity index (χ1v) is 8.09. The van der Waals surface area contributed by atoms with E-state index in [-0.39, 0.29) is 6.61 Å². The van der Waals surface area contributed by atoms with Gasteiger partial charge in [-0.15, -0.1) is 6.42 Å². The first-order chi connectivity index (χ1) is 9.42. The highest BCUT2D eigenvalue weighted by Gasteiger charge is 2.07. The summed E-state index contributed by atoms with van der Waals surface area (Å²) in [5.41, 5.74) is 1.02. The Hall–Kier alpha value is -1.55. The van der Waals surface area contributed by atoms with Crippen LogP contribution in [0.5, 0.6) is 5.75 Å². The Bertz CT molecular complexity index is 564. The van der Waals surface area contributed by atoms with Gasteiger partial charge in [-0.3, -0.25) is 0 Å². The third kappa shape index (κ3) is 6.57. The topological polar surface area (TPSA) is 58.6 Å². The molecule has 0 aliphatic rings. The summed E-state index contributed by atoms with van der Waals surface area (Å²) in [6.45, 7) is 1.88. The van der Waals surface area contributed by atoms with E-state index in [4.69, 9.17) is 11.2 Å². The number of likely N-dealkylation sites (N-methyl/N-ethyl adjacent to an activating group) is 1. The molecule has 0 aliphatic carbocycles. The smallest absolute Gasteiger partial charge is 0.208 e. The van der Waals surface area contributed by atoms with Gasteiger partial charge in [-0.25, -0.2) is 13.1 Å². The van der Waals surface area contributed by atoms with Gasteiger partial charge in [0, 0.05) is 25.2 Å². The van der Waals surface area contributed by atoms with Gasteiger partial charge >= 0.3 is 0 Å². The first kappa shape index (κ1) is 16.5. The molecule has 0 spiro atoms. The highest BCUT2D eigenvalue weighted by Crippen LogP contribution is 2.19. The van der Waals surface area contributed by atoms with Crippen molar-refractivity contribution in [1.29, 1.82) is 0 Å². The molecule has 0 aromatic heterocycles. The van der Waals surface area contributed by atoms with Crippen LogP contribution in [0.1, 0.15) is 5.56 Å². The van der Waals surface area contributed by atoms with E-state index >= 15 is 0 Å². The molecule has 5 nitrogen and oxygen atoms in total. The van der Waals surface area contributed by atoms with Crippen LogP contribution >= 0.6 is 0 Å². The molecule has 0 unspecified atom stereocenters. The average Bonchev–Trinajstić information content (AvgIpc) is 2.36. The Morgan fingerprint density at radius 3 is 2.75 bits per heavy atom. The number of terminal acetylenes is 1. The molecule has 1 rings (SSSR count). The van der Waals surface area contributed by atoms with E-state index < -0.39 is 10.0 Å². The van der Waals surface area contributed by atoms with Crippen molar-refractivity contribution in [3.05, 3.63) is 29.8 Å². The van der Waals surface area contributed by atoms with Crippen molar-refractivity contribution in [3.8, 4) is 18.1 Å². The third-order valence-electron chi connectivity index (χ3n) is 2.58. The zero-order chi connectivity index (χ0) is 15.0. The van der Waals surface area contributed by atoms with Crippen LogP contribution in [0.25, 0.3) is 0 Å². The number of hydrogen-bond acceptors (Lipinski definition) is 4. The Morgan fingerprint density at radius 2 is 2.10 bits per heavy atom. The molecule has 0 aliphatic heterocycles. The number of ether oxygens (including phenoxy) is 1. The van der Waals surface area contributed by atoms with Crippen molar-refractivity contribution in [2.45, 2.75) is 6.54 Å². The summed E-state index contributed by atoms with van der Waals surface area (Å²) in [4.78, 5) is 2.01. The molecule has 1 N–H and O–H groups in total. The number of nitrogens with zero attached hydrogens (tertiary/aromatic N) is 1. The molecule has 6 heteroatoms. The van der Waals surface area contributed by atoms with Crippen LogP contribution in [0.3, 0.4) is 0 Å². The zero-order valence-corrected chi connectivity index (χ0v) is 12.6. The van der Waals surface area contributed by atoms with Crippen molar-refractivity contribution in [2.75, 3.05) is 33.0 Å². The molecule has 110 valence electrons. The molecular formula is C14H20N2O3S. The van der Waals surface area contributed by atoms with Gasteiger partial charge in [-0.2, -0.15) is 0 Å². The molecule has 0 bridgehead atoms. The average molecular weight is 296 g/mol. The highest BCUT2D eigenvalue weighted by atomic mass is 32.2. The lowest BCUT2D eigenvalue weighted by Gasteiger charge is -2.18. The van der Waals surface area contributed by atoms with Crippen molar-refractivity contribution in [1.82, 2.24) is 9.62 Å². The molecule has 0 amide bonds. The van der Waals surface area contributed by atoms with Gasteiger partial charge in [-0.05, 0) is 13.1 Å². The maximum Gasteiger partial charge on any atom is 0.208 e. The fourth-order valence-corrected chi connectivity index (χ4v) is 2.15. The number of para-hydroxylation sites is 1. The summed E-state index contributed by atoms with van der Waals surface area (Å²) in [6.07, 6.45) is 6.33. The fourth-order valence-electron chi connectivity index (χ4n) is 1.69. The fraction of sp³-hybridized carbons (Fsp3) is 0.429. The summed E-state index contributed by atoms with van der Waals surface area (Å²) in [6, 6.07) is 7.66. The molecule has 0 atom stereocenters. The van der Waals surface area contributed by atoms with E-state index in [9.17, 15) is 8.42 Å². The van der Waals surface area contributed by atoms with Crippen LogP contribution in [0.2, 0.25) is 0 Å². The predicted molar refractivity (Wildman–Crippen MR) is 80.0 cm³/mol. The number of nitrogens with one attached hydrogen (secondary N) is 1. The lowest BCUT2D eigenvalue weighted by molar-refractivity contribution is 0.315. The molecule has 0 heterocycles. The van der Waals surface area contributed by atoms with E-state index in [0.29, 0.717) is 19.6 Å². The monoisotopic (exact) mass is 296 g/mol. The SMILES string of the molecule is C#CCOc1ccccc1CN(C)CCNS(C)(=O)=O. The molecule has 1 aromatic rings. The second-order valence-corrected chi connectivity index (χ2v) is 6.34. The van der Waals surface area contributed by atoms with Crippen LogP contribution < -0.4 is 9.46 Å². The maximum absolute atomic E-state index is 11.0. The number of rotatable bonds is 8. The summed E-state index contributed by atoms with van der Waals surface area (Å²) < 4.78 is 29.9. The van der Waals surface area contributed by atoms with Gasteiger partial charge in [0.25, 0.3) is 0 Å². The van der Waals surface area contributed by atoms with Gasteiger partial charge < -0.3 is 9.64 Å². The van der Waals surface area contributed by atoms with E-state index in [1.165, 1.54) is 0 Å². The Balaban J connectivity index is 2.53. The maximum atomic E-state index is 11.0. The van der Waals surface area contributed by atoms with E-state index in [1.807, 2.05) is 36.2 Å².